The maximum atomic E-state index is 12.0. The zero-order chi connectivity index (χ0) is 13.5. The summed E-state index contributed by atoms with van der Waals surface area (Å²) >= 11 is 0. The van der Waals surface area contributed by atoms with Crippen LogP contribution in [0.1, 0.15) is 55.3 Å². The highest BCUT2D eigenvalue weighted by atomic mass is 16.3. The third kappa shape index (κ3) is 3.57. The van der Waals surface area contributed by atoms with Crippen LogP contribution in [0.3, 0.4) is 0 Å². The number of rotatable bonds is 7. The van der Waals surface area contributed by atoms with Crippen molar-refractivity contribution in [1.82, 2.24) is 15.1 Å². The molecule has 1 aromatic heterocycles. The number of carbonyl (C=O) groups excluding carboxylic acids is 1. The summed E-state index contributed by atoms with van der Waals surface area (Å²) in [7, 11) is 0. The van der Waals surface area contributed by atoms with Crippen LogP contribution in [0.15, 0.2) is 6.07 Å². The summed E-state index contributed by atoms with van der Waals surface area (Å²) in [5.41, 5.74) is 1.47. The Balaban J connectivity index is 2.83. The second-order valence-corrected chi connectivity index (χ2v) is 4.42. The third-order valence-corrected chi connectivity index (χ3v) is 3.00. The maximum absolute atomic E-state index is 12.0. The van der Waals surface area contributed by atoms with Gasteiger partial charge in [-0.2, -0.15) is 5.10 Å². The van der Waals surface area contributed by atoms with E-state index in [1.54, 1.807) is 0 Å². The van der Waals surface area contributed by atoms with Crippen LogP contribution in [0.25, 0.3) is 0 Å². The largest absolute Gasteiger partial charge is 0.396 e. The number of aliphatic hydroxyl groups excluding tert-OH is 1. The van der Waals surface area contributed by atoms with Crippen LogP contribution in [0.5, 0.6) is 0 Å². The number of nitrogens with zero attached hydrogens (tertiary/aromatic N) is 2. The summed E-state index contributed by atoms with van der Waals surface area (Å²) < 4.78 is 1.82. The van der Waals surface area contributed by atoms with Crippen LogP contribution in [0.2, 0.25) is 0 Å². The monoisotopic (exact) mass is 253 g/mol. The first-order chi connectivity index (χ1) is 8.63. The standard InChI is InChI=1S/C13H23N3O2/c1-4-11(5-2)16-12(9-10(3)15-16)13(18)14-7-6-8-17/h9,11,17H,4-8H2,1-3H3,(H,14,18). The maximum Gasteiger partial charge on any atom is 0.269 e. The van der Waals surface area contributed by atoms with Gasteiger partial charge in [-0.05, 0) is 32.3 Å². The lowest BCUT2D eigenvalue weighted by atomic mass is 10.1. The molecule has 0 unspecified atom stereocenters. The van der Waals surface area contributed by atoms with Crippen molar-refractivity contribution in [1.29, 1.82) is 0 Å². The Morgan fingerprint density at radius 1 is 1.50 bits per heavy atom. The lowest BCUT2D eigenvalue weighted by molar-refractivity contribution is 0.0937. The van der Waals surface area contributed by atoms with Crippen LogP contribution in [-0.2, 0) is 0 Å². The molecule has 102 valence electrons. The lowest BCUT2D eigenvalue weighted by Gasteiger charge is -2.16. The van der Waals surface area contributed by atoms with Crippen LogP contribution in [0.4, 0.5) is 0 Å². The molecule has 5 heteroatoms. The molecule has 0 bridgehead atoms. The van der Waals surface area contributed by atoms with Crippen LogP contribution in [0, 0.1) is 6.92 Å². The van der Waals surface area contributed by atoms with E-state index in [1.165, 1.54) is 0 Å². The molecule has 0 aromatic carbocycles. The van der Waals surface area contributed by atoms with Crippen molar-refractivity contribution in [3.05, 3.63) is 17.5 Å². The van der Waals surface area contributed by atoms with Gasteiger partial charge in [0.2, 0.25) is 0 Å². The molecule has 0 radical (unpaired) electrons. The molecule has 1 aromatic rings. The molecule has 5 nitrogen and oxygen atoms in total. The number of hydrogen-bond acceptors (Lipinski definition) is 3. The number of amides is 1. The van der Waals surface area contributed by atoms with Gasteiger partial charge >= 0.3 is 0 Å². The molecule has 0 saturated heterocycles. The SMILES string of the molecule is CCC(CC)n1nc(C)cc1C(=O)NCCCO. The predicted octanol–water partition coefficient (Wildman–Crippen LogP) is 1.66. The van der Waals surface area contributed by atoms with Gasteiger partial charge in [0.1, 0.15) is 5.69 Å². The average molecular weight is 253 g/mol. The Kier molecular flexibility index (Phi) is 5.85. The summed E-state index contributed by atoms with van der Waals surface area (Å²) in [6, 6.07) is 2.07. The van der Waals surface area contributed by atoms with Gasteiger partial charge in [0.25, 0.3) is 5.91 Å². The zero-order valence-electron chi connectivity index (χ0n) is 11.4. The molecule has 0 aliphatic carbocycles. The zero-order valence-corrected chi connectivity index (χ0v) is 11.4. The van der Waals surface area contributed by atoms with Gasteiger partial charge in [0.15, 0.2) is 0 Å². The fourth-order valence-corrected chi connectivity index (χ4v) is 1.97. The van der Waals surface area contributed by atoms with Crippen molar-refractivity contribution < 1.29 is 9.90 Å². The summed E-state index contributed by atoms with van der Waals surface area (Å²) in [5, 5.41) is 15.9. The third-order valence-electron chi connectivity index (χ3n) is 3.00. The minimum Gasteiger partial charge on any atom is -0.396 e. The molecule has 2 N–H and O–H groups in total. The molecule has 0 saturated carbocycles. The van der Waals surface area contributed by atoms with E-state index in [0.29, 0.717) is 18.7 Å². The highest BCUT2D eigenvalue weighted by molar-refractivity contribution is 5.92. The van der Waals surface area contributed by atoms with E-state index in [-0.39, 0.29) is 18.6 Å². The molecule has 1 heterocycles. The summed E-state index contributed by atoms with van der Waals surface area (Å²) in [4.78, 5) is 12.0. The van der Waals surface area contributed by atoms with Crippen LogP contribution >= 0.6 is 0 Å². The van der Waals surface area contributed by atoms with Crippen molar-refractivity contribution in [2.45, 2.75) is 46.1 Å². The van der Waals surface area contributed by atoms with E-state index in [0.717, 1.165) is 18.5 Å². The molecule has 0 aliphatic heterocycles. The highest BCUT2D eigenvalue weighted by Crippen LogP contribution is 2.18. The van der Waals surface area contributed by atoms with E-state index in [9.17, 15) is 4.79 Å². The molecular formula is C13H23N3O2. The number of nitrogens with one attached hydrogen (secondary N) is 1. The average Bonchev–Trinajstić information content (AvgIpc) is 2.73. The minimum atomic E-state index is -0.115. The summed E-state index contributed by atoms with van der Waals surface area (Å²) in [5.74, 6) is -0.115. The quantitative estimate of drug-likeness (QED) is 0.726. The van der Waals surface area contributed by atoms with Gasteiger partial charge in [0, 0.05) is 13.2 Å². The molecule has 1 rings (SSSR count). The van der Waals surface area contributed by atoms with E-state index < -0.39 is 0 Å². The number of aryl methyl sites for hydroxylation is 1. The number of aliphatic hydroxyl groups is 1. The van der Waals surface area contributed by atoms with E-state index >= 15 is 0 Å². The van der Waals surface area contributed by atoms with Crippen molar-refractivity contribution >= 4 is 5.91 Å². The van der Waals surface area contributed by atoms with Crippen molar-refractivity contribution in [2.75, 3.05) is 13.2 Å². The van der Waals surface area contributed by atoms with E-state index in [4.69, 9.17) is 5.11 Å². The Hall–Kier alpha value is -1.36. The van der Waals surface area contributed by atoms with Gasteiger partial charge in [-0.3, -0.25) is 9.48 Å². The first kappa shape index (κ1) is 14.7. The summed E-state index contributed by atoms with van der Waals surface area (Å²) in [6.45, 7) is 6.66. The second kappa shape index (κ2) is 7.16. The highest BCUT2D eigenvalue weighted by Gasteiger charge is 2.18. The molecule has 0 fully saturated rings. The number of carbonyl (C=O) groups is 1. The first-order valence-electron chi connectivity index (χ1n) is 6.59. The number of hydrogen-bond donors (Lipinski definition) is 2. The normalized spacial score (nSPS) is 10.9. The summed E-state index contributed by atoms with van der Waals surface area (Å²) in [6.07, 6.45) is 2.48. The molecule has 18 heavy (non-hydrogen) atoms. The fourth-order valence-electron chi connectivity index (χ4n) is 1.97. The predicted molar refractivity (Wildman–Crippen MR) is 70.6 cm³/mol. The van der Waals surface area contributed by atoms with Gasteiger partial charge < -0.3 is 10.4 Å². The van der Waals surface area contributed by atoms with Crippen LogP contribution < -0.4 is 5.32 Å². The van der Waals surface area contributed by atoms with E-state index in [2.05, 4.69) is 24.3 Å². The van der Waals surface area contributed by atoms with Gasteiger partial charge in [-0.1, -0.05) is 13.8 Å². The van der Waals surface area contributed by atoms with Crippen LogP contribution in [-0.4, -0.2) is 33.9 Å². The molecule has 1 amide bonds. The van der Waals surface area contributed by atoms with Gasteiger partial charge in [-0.15, -0.1) is 0 Å². The molecular weight excluding hydrogens is 230 g/mol. The Bertz CT molecular complexity index is 384. The Morgan fingerprint density at radius 3 is 2.72 bits per heavy atom. The fraction of sp³-hybridized carbons (Fsp3) is 0.692. The van der Waals surface area contributed by atoms with E-state index in [1.807, 2.05) is 17.7 Å². The van der Waals surface area contributed by atoms with Gasteiger partial charge in [0.05, 0.1) is 11.7 Å². The molecule has 0 spiro atoms. The topological polar surface area (TPSA) is 67.2 Å². The smallest absolute Gasteiger partial charge is 0.269 e. The first-order valence-corrected chi connectivity index (χ1v) is 6.59. The minimum absolute atomic E-state index is 0.0884. The van der Waals surface area contributed by atoms with Crippen molar-refractivity contribution in [3.8, 4) is 0 Å². The number of aromatic nitrogens is 2. The second-order valence-electron chi connectivity index (χ2n) is 4.42. The molecule has 0 atom stereocenters. The van der Waals surface area contributed by atoms with Crippen molar-refractivity contribution in [2.24, 2.45) is 0 Å². The van der Waals surface area contributed by atoms with Crippen molar-refractivity contribution in [3.63, 3.8) is 0 Å². The lowest BCUT2D eigenvalue weighted by Crippen LogP contribution is -2.28. The molecule has 0 aliphatic rings. The Morgan fingerprint density at radius 2 is 2.17 bits per heavy atom. The van der Waals surface area contributed by atoms with Gasteiger partial charge in [-0.25, -0.2) is 0 Å². The Labute approximate surface area is 108 Å².